The molecule has 4 heteroatoms. The lowest BCUT2D eigenvalue weighted by atomic mass is 10.1. The molecule has 0 saturated carbocycles. The largest absolute Gasteiger partial charge is 0.294 e. The Labute approximate surface area is 111 Å². The van der Waals surface area contributed by atoms with E-state index in [4.69, 9.17) is 0 Å². The smallest absolute Gasteiger partial charge is 0.166 e. The third-order valence-corrected chi connectivity index (χ3v) is 3.52. The highest BCUT2D eigenvalue weighted by molar-refractivity contribution is 5.97. The molecule has 0 bridgehead atoms. The first-order chi connectivity index (χ1) is 9.25. The van der Waals surface area contributed by atoms with Gasteiger partial charge < -0.3 is 0 Å². The Hall–Kier alpha value is -2.10. The number of hydrogen-bond acceptors (Lipinski definition) is 4. The minimum Gasteiger partial charge on any atom is -0.294 e. The van der Waals surface area contributed by atoms with Gasteiger partial charge in [-0.15, -0.1) is 0 Å². The van der Waals surface area contributed by atoms with Crippen molar-refractivity contribution in [1.82, 2.24) is 15.0 Å². The number of fused-ring (bicyclic) bond motifs is 1. The fourth-order valence-corrected chi connectivity index (χ4v) is 2.38. The number of carbonyl (C=O) groups is 1. The zero-order valence-electron chi connectivity index (χ0n) is 10.9. The number of aryl methyl sites for hydroxylation is 2. The zero-order valence-corrected chi connectivity index (χ0v) is 10.9. The highest BCUT2D eigenvalue weighted by atomic mass is 16.1. The van der Waals surface area contributed by atoms with Crippen molar-refractivity contribution in [2.45, 2.75) is 32.6 Å². The summed E-state index contributed by atoms with van der Waals surface area (Å²) in [6.45, 7) is 2.01. The van der Waals surface area contributed by atoms with Gasteiger partial charge in [0.25, 0.3) is 0 Å². The standard InChI is InChI=1S/C15H15N3O/c1-10-6-7-16-8-11(10)15-17-9-12-13(18-15)4-2-3-5-14(12)19/h6-9H,2-5H2,1H3. The van der Waals surface area contributed by atoms with Crippen LogP contribution < -0.4 is 0 Å². The van der Waals surface area contributed by atoms with E-state index in [9.17, 15) is 4.79 Å². The maximum atomic E-state index is 11.9. The van der Waals surface area contributed by atoms with Gasteiger partial charge in [0.2, 0.25) is 0 Å². The van der Waals surface area contributed by atoms with E-state index in [1.54, 1.807) is 18.6 Å². The summed E-state index contributed by atoms with van der Waals surface area (Å²) in [6, 6.07) is 1.94. The van der Waals surface area contributed by atoms with E-state index in [0.717, 1.165) is 36.1 Å². The van der Waals surface area contributed by atoms with Crippen LogP contribution in [0.15, 0.2) is 24.7 Å². The lowest BCUT2D eigenvalue weighted by molar-refractivity contribution is 0.0981. The number of carbonyl (C=O) groups excluding carboxylic acids is 1. The van der Waals surface area contributed by atoms with Crippen LogP contribution in [-0.2, 0) is 6.42 Å². The molecule has 4 nitrogen and oxygen atoms in total. The number of aromatic nitrogens is 3. The van der Waals surface area contributed by atoms with Gasteiger partial charge in [-0.25, -0.2) is 9.97 Å². The Morgan fingerprint density at radius 2 is 1.95 bits per heavy atom. The second-order valence-electron chi connectivity index (χ2n) is 4.87. The Balaban J connectivity index is 2.09. The van der Waals surface area contributed by atoms with Gasteiger partial charge >= 0.3 is 0 Å². The molecule has 0 N–H and O–H groups in total. The van der Waals surface area contributed by atoms with Crippen LogP contribution >= 0.6 is 0 Å². The van der Waals surface area contributed by atoms with Gasteiger partial charge in [-0.1, -0.05) is 0 Å². The van der Waals surface area contributed by atoms with Gasteiger partial charge in [0.1, 0.15) is 0 Å². The van der Waals surface area contributed by atoms with Crippen LogP contribution in [0.25, 0.3) is 11.4 Å². The molecule has 0 radical (unpaired) electrons. The van der Waals surface area contributed by atoms with E-state index in [-0.39, 0.29) is 5.78 Å². The fourth-order valence-electron chi connectivity index (χ4n) is 2.38. The first-order valence-corrected chi connectivity index (χ1v) is 6.56. The van der Waals surface area contributed by atoms with Crippen molar-refractivity contribution in [2.75, 3.05) is 0 Å². The number of ketones is 1. The van der Waals surface area contributed by atoms with Crippen LogP contribution in [0.1, 0.15) is 40.9 Å². The minimum absolute atomic E-state index is 0.168. The number of nitrogens with zero attached hydrogens (tertiary/aromatic N) is 3. The molecule has 0 aromatic carbocycles. The monoisotopic (exact) mass is 253 g/mol. The quantitative estimate of drug-likeness (QED) is 0.733. The average Bonchev–Trinajstić information content (AvgIpc) is 2.61. The van der Waals surface area contributed by atoms with Crippen molar-refractivity contribution in [3.05, 3.63) is 41.5 Å². The van der Waals surface area contributed by atoms with Crippen molar-refractivity contribution in [1.29, 1.82) is 0 Å². The van der Waals surface area contributed by atoms with Gasteiger partial charge in [-0.3, -0.25) is 9.78 Å². The summed E-state index contributed by atoms with van der Waals surface area (Å²) in [5.41, 5.74) is 3.61. The maximum Gasteiger partial charge on any atom is 0.166 e. The summed E-state index contributed by atoms with van der Waals surface area (Å²) in [5, 5.41) is 0. The van der Waals surface area contributed by atoms with Crippen LogP contribution in [-0.4, -0.2) is 20.7 Å². The number of Topliss-reactive ketones (excluding diaryl/α,β-unsaturated/α-hetero) is 1. The lowest BCUT2D eigenvalue weighted by Crippen LogP contribution is -2.05. The summed E-state index contributed by atoms with van der Waals surface area (Å²) in [4.78, 5) is 25.0. The predicted octanol–water partition coefficient (Wildman–Crippen LogP) is 2.76. The Morgan fingerprint density at radius 1 is 1.11 bits per heavy atom. The Kier molecular flexibility index (Phi) is 3.07. The van der Waals surface area contributed by atoms with Crippen molar-refractivity contribution >= 4 is 5.78 Å². The van der Waals surface area contributed by atoms with Gasteiger partial charge in [0, 0.05) is 30.6 Å². The second kappa shape index (κ2) is 4.88. The molecule has 0 unspecified atom stereocenters. The van der Waals surface area contributed by atoms with E-state index in [0.29, 0.717) is 17.8 Å². The minimum atomic E-state index is 0.168. The number of rotatable bonds is 1. The van der Waals surface area contributed by atoms with Crippen LogP contribution in [0.2, 0.25) is 0 Å². The molecule has 2 aromatic rings. The van der Waals surface area contributed by atoms with Crippen molar-refractivity contribution in [3.63, 3.8) is 0 Å². The fraction of sp³-hybridized carbons (Fsp3) is 0.333. The molecule has 19 heavy (non-hydrogen) atoms. The van der Waals surface area contributed by atoms with Gasteiger partial charge in [-0.05, 0) is 37.8 Å². The highest BCUT2D eigenvalue weighted by Gasteiger charge is 2.18. The zero-order chi connectivity index (χ0) is 13.2. The van der Waals surface area contributed by atoms with E-state index in [1.807, 2.05) is 13.0 Å². The second-order valence-corrected chi connectivity index (χ2v) is 4.87. The van der Waals surface area contributed by atoms with E-state index in [1.165, 1.54) is 0 Å². The van der Waals surface area contributed by atoms with Gasteiger partial charge in [0.15, 0.2) is 11.6 Å². The SMILES string of the molecule is Cc1ccncc1-c1ncc2c(n1)CCCCC2=O. The summed E-state index contributed by atoms with van der Waals surface area (Å²) in [6.07, 6.45) is 8.63. The number of pyridine rings is 1. The number of hydrogen-bond donors (Lipinski definition) is 0. The average molecular weight is 253 g/mol. The summed E-state index contributed by atoms with van der Waals surface area (Å²) in [7, 11) is 0. The predicted molar refractivity (Wildman–Crippen MR) is 71.9 cm³/mol. The molecule has 0 atom stereocenters. The third kappa shape index (κ3) is 2.26. The van der Waals surface area contributed by atoms with E-state index < -0.39 is 0 Å². The summed E-state index contributed by atoms with van der Waals surface area (Å²) < 4.78 is 0. The van der Waals surface area contributed by atoms with Crippen molar-refractivity contribution in [2.24, 2.45) is 0 Å². The Bertz CT molecular complexity index is 637. The van der Waals surface area contributed by atoms with Gasteiger partial charge in [0.05, 0.1) is 11.3 Å². The molecule has 0 fully saturated rings. The van der Waals surface area contributed by atoms with Crippen molar-refractivity contribution < 1.29 is 4.79 Å². The first kappa shape index (κ1) is 12.0. The lowest BCUT2D eigenvalue weighted by Gasteiger charge is -2.07. The summed E-state index contributed by atoms with van der Waals surface area (Å²) in [5.74, 6) is 0.834. The Morgan fingerprint density at radius 3 is 2.79 bits per heavy atom. The molecule has 1 aliphatic carbocycles. The molecule has 0 amide bonds. The molecule has 0 aliphatic heterocycles. The van der Waals surface area contributed by atoms with E-state index >= 15 is 0 Å². The van der Waals surface area contributed by atoms with E-state index in [2.05, 4.69) is 15.0 Å². The molecular formula is C15H15N3O. The molecule has 0 spiro atoms. The van der Waals surface area contributed by atoms with Crippen LogP contribution in [0, 0.1) is 6.92 Å². The molecule has 2 heterocycles. The molecule has 3 rings (SSSR count). The molecule has 0 saturated heterocycles. The topological polar surface area (TPSA) is 55.7 Å². The van der Waals surface area contributed by atoms with Gasteiger partial charge in [-0.2, -0.15) is 0 Å². The molecular weight excluding hydrogens is 238 g/mol. The highest BCUT2D eigenvalue weighted by Crippen LogP contribution is 2.23. The molecule has 2 aromatic heterocycles. The van der Waals surface area contributed by atoms with Crippen molar-refractivity contribution in [3.8, 4) is 11.4 Å². The molecule has 96 valence electrons. The van der Waals surface area contributed by atoms with Crippen LogP contribution in [0.4, 0.5) is 0 Å². The first-order valence-electron chi connectivity index (χ1n) is 6.56. The normalized spacial score (nSPS) is 14.9. The van der Waals surface area contributed by atoms with Crippen LogP contribution in [0.3, 0.4) is 0 Å². The summed E-state index contributed by atoms with van der Waals surface area (Å²) >= 11 is 0. The maximum absolute atomic E-state index is 11.9. The molecule has 1 aliphatic rings. The third-order valence-electron chi connectivity index (χ3n) is 3.52. The van der Waals surface area contributed by atoms with Crippen LogP contribution in [0.5, 0.6) is 0 Å².